The average molecular weight is 392 g/mol. The zero-order valence-corrected chi connectivity index (χ0v) is 15.5. The van der Waals surface area contributed by atoms with Crippen LogP contribution in [0.2, 0.25) is 5.02 Å². The first-order valence-corrected chi connectivity index (χ1v) is 8.61. The first kappa shape index (κ1) is 18.8. The summed E-state index contributed by atoms with van der Waals surface area (Å²) in [6.45, 7) is 2.34. The Balaban J connectivity index is 1.66. The van der Waals surface area contributed by atoms with Crippen LogP contribution >= 0.6 is 11.6 Å². The number of anilines is 1. The van der Waals surface area contributed by atoms with E-state index < -0.39 is 18.0 Å². The molecule has 1 amide bonds. The van der Waals surface area contributed by atoms with Crippen LogP contribution in [0.5, 0.6) is 17.2 Å². The van der Waals surface area contributed by atoms with Crippen LogP contribution in [0.3, 0.4) is 0 Å². The minimum atomic E-state index is -1.03. The standard InChI is InChI=1S/C19H18ClNO6/c1-11(18(22)21-14-10-13(20)4-6-15(14)24-2)27-19(23)12-3-5-16-17(9-12)26-8-7-25-16/h3-6,9-11H,7-8H2,1-2H3,(H,21,22)/t11-/m1/s1. The van der Waals surface area contributed by atoms with E-state index in [0.717, 1.165) is 0 Å². The van der Waals surface area contributed by atoms with E-state index in [-0.39, 0.29) is 5.56 Å². The third kappa shape index (κ3) is 4.43. The molecule has 7 nitrogen and oxygen atoms in total. The highest BCUT2D eigenvalue weighted by molar-refractivity contribution is 6.31. The predicted molar refractivity (Wildman–Crippen MR) is 98.9 cm³/mol. The van der Waals surface area contributed by atoms with Gasteiger partial charge in [-0.05, 0) is 43.3 Å². The molecule has 1 heterocycles. The summed E-state index contributed by atoms with van der Waals surface area (Å²) in [6.07, 6.45) is -1.03. The van der Waals surface area contributed by atoms with E-state index >= 15 is 0 Å². The molecule has 1 atom stereocenters. The Morgan fingerprint density at radius 1 is 1.11 bits per heavy atom. The molecule has 0 unspecified atom stereocenters. The third-order valence-corrected chi connectivity index (χ3v) is 4.09. The predicted octanol–water partition coefficient (Wildman–Crippen LogP) is 3.30. The van der Waals surface area contributed by atoms with Gasteiger partial charge in [-0.15, -0.1) is 0 Å². The van der Waals surface area contributed by atoms with Crippen LogP contribution in [0.4, 0.5) is 5.69 Å². The van der Waals surface area contributed by atoms with Crippen molar-refractivity contribution in [3.8, 4) is 17.2 Å². The molecular weight excluding hydrogens is 374 g/mol. The van der Waals surface area contributed by atoms with Crippen molar-refractivity contribution in [2.24, 2.45) is 0 Å². The number of hydrogen-bond acceptors (Lipinski definition) is 6. The Hall–Kier alpha value is -2.93. The number of carbonyl (C=O) groups is 2. The third-order valence-electron chi connectivity index (χ3n) is 3.85. The lowest BCUT2D eigenvalue weighted by Crippen LogP contribution is -2.30. The van der Waals surface area contributed by atoms with Crippen LogP contribution < -0.4 is 19.5 Å². The fourth-order valence-electron chi connectivity index (χ4n) is 2.46. The van der Waals surface area contributed by atoms with Crippen molar-refractivity contribution in [1.29, 1.82) is 0 Å². The smallest absolute Gasteiger partial charge is 0.339 e. The lowest BCUT2D eigenvalue weighted by Gasteiger charge is -2.19. The number of esters is 1. The van der Waals surface area contributed by atoms with Crippen LogP contribution in [0.1, 0.15) is 17.3 Å². The minimum absolute atomic E-state index is 0.263. The molecule has 0 aliphatic carbocycles. The maximum atomic E-state index is 12.4. The van der Waals surface area contributed by atoms with Crippen molar-refractivity contribution in [3.05, 3.63) is 47.0 Å². The lowest BCUT2D eigenvalue weighted by atomic mass is 10.2. The quantitative estimate of drug-likeness (QED) is 0.787. The van der Waals surface area contributed by atoms with Gasteiger partial charge in [0.15, 0.2) is 17.6 Å². The monoisotopic (exact) mass is 391 g/mol. The number of rotatable bonds is 5. The number of fused-ring (bicyclic) bond motifs is 1. The normalized spacial score (nSPS) is 13.4. The molecule has 0 saturated carbocycles. The summed E-state index contributed by atoms with van der Waals surface area (Å²) in [4.78, 5) is 24.7. The maximum absolute atomic E-state index is 12.4. The van der Waals surface area contributed by atoms with Crippen molar-refractivity contribution in [2.45, 2.75) is 13.0 Å². The Labute approximate surface area is 161 Å². The van der Waals surface area contributed by atoms with Gasteiger partial charge in [-0.1, -0.05) is 11.6 Å². The molecule has 0 bridgehead atoms. The Morgan fingerprint density at radius 2 is 1.85 bits per heavy atom. The molecule has 8 heteroatoms. The Bertz CT molecular complexity index is 869. The van der Waals surface area contributed by atoms with E-state index in [1.54, 1.807) is 30.3 Å². The SMILES string of the molecule is COc1ccc(Cl)cc1NC(=O)[C@@H](C)OC(=O)c1ccc2c(c1)OCCO2. The summed E-state index contributed by atoms with van der Waals surface area (Å²) in [6, 6.07) is 9.54. The second-order valence-corrected chi connectivity index (χ2v) is 6.18. The molecule has 2 aromatic carbocycles. The van der Waals surface area contributed by atoms with Crippen molar-refractivity contribution >= 4 is 29.2 Å². The number of amides is 1. The minimum Gasteiger partial charge on any atom is -0.495 e. The van der Waals surface area contributed by atoms with Gasteiger partial charge in [0.25, 0.3) is 5.91 Å². The van der Waals surface area contributed by atoms with Crippen molar-refractivity contribution in [1.82, 2.24) is 0 Å². The molecule has 0 fully saturated rings. The number of hydrogen-bond donors (Lipinski definition) is 1. The fourth-order valence-corrected chi connectivity index (χ4v) is 2.64. The molecule has 27 heavy (non-hydrogen) atoms. The van der Waals surface area contributed by atoms with E-state index in [9.17, 15) is 9.59 Å². The summed E-state index contributed by atoms with van der Waals surface area (Å²) in [7, 11) is 1.48. The van der Waals surface area contributed by atoms with Gasteiger partial charge in [0.1, 0.15) is 19.0 Å². The molecule has 142 valence electrons. The van der Waals surface area contributed by atoms with Crippen LogP contribution in [-0.4, -0.2) is 38.3 Å². The Morgan fingerprint density at radius 3 is 2.59 bits per heavy atom. The molecule has 1 N–H and O–H groups in total. The van der Waals surface area contributed by atoms with E-state index in [0.29, 0.717) is 41.2 Å². The second kappa shape index (κ2) is 8.18. The molecular formula is C19H18ClNO6. The zero-order valence-electron chi connectivity index (χ0n) is 14.8. The van der Waals surface area contributed by atoms with E-state index in [2.05, 4.69) is 5.32 Å². The van der Waals surface area contributed by atoms with Gasteiger partial charge in [0, 0.05) is 5.02 Å². The summed E-state index contributed by atoms with van der Waals surface area (Å²) >= 11 is 5.94. The number of methoxy groups -OCH3 is 1. The highest BCUT2D eigenvalue weighted by Gasteiger charge is 2.22. The maximum Gasteiger partial charge on any atom is 0.339 e. The van der Waals surface area contributed by atoms with E-state index in [1.807, 2.05) is 0 Å². The van der Waals surface area contributed by atoms with Gasteiger partial charge in [0.05, 0.1) is 18.4 Å². The summed E-state index contributed by atoms with van der Waals surface area (Å²) in [5.41, 5.74) is 0.650. The summed E-state index contributed by atoms with van der Waals surface area (Å²) in [5.74, 6) is 0.320. The van der Waals surface area contributed by atoms with E-state index in [4.69, 9.17) is 30.5 Å². The molecule has 2 aromatic rings. The van der Waals surface area contributed by atoms with Crippen molar-refractivity contribution in [3.63, 3.8) is 0 Å². The number of ether oxygens (including phenoxy) is 4. The summed E-state index contributed by atoms with van der Waals surface area (Å²) < 4.78 is 21.3. The first-order valence-electron chi connectivity index (χ1n) is 8.23. The molecule has 1 aliphatic heterocycles. The highest BCUT2D eigenvalue weighted by Crippen LogP contribution is 2.31. The average Bonchev–Trinajstić information content (AvgIpc) is 2.67. The molecule has 0 aromatic heterocycles. The van der Waals surface area contributed by atoms with Crippen LogP contribution in [0.25, 0.3) is 0 Å². The largest absolute Gasteiger partial charge is 0.495 e. The molecule has 3 rings (SSSR count). The van der Waals surface area contributed by atoms with Crippen LogP contribution in [-0.2, 0) is 9.53 Å². The van der Waals surface area contributed by atoms with Crippen molar-refractivity contribution in [2.75, 3.05) is 25.6 Å². The molecule has 0 spiro atoms. The zero-order chi connectivity index (χ0) is 19.4. The molecule has 1 aliphatic rings. The van der Waals surface area contributed by atoms with Crippen LogP contribution in [0.15, 0.2) is 36.4 Å². The molecule has 0 radical (unpaired) electrons. The highest BCUT2D eigenvalue weighted by atomic mass is 35.5. The second-order valence-electron chi connectivity index (χ2n) is 5.74. The number of nitrogens with one attached hydrogen (secondary N) is 1. The Kier molecular flexibility index (Phi) is 5.71. The van der Waals surface area contributed by atoms with Gasteiger partial charge >= 0.3 is 5.97 Å². The number of halogens is 1. The number of benzene rings is 2. The summed E-state index contributed by atoms with van der Waals surface area (Å²) in [5, 5.41) is 3.08. The van der Waals surface area contributed by atoms with Crippen LogP contribution in [0, 0.1) is 0 Å². The van der Waals surface area contributed by atoms with Gasteiger partial charge in [-0.3, -0.25) is 4.79 Å². The van der Waals surface area contributed by atoms with E-state index in [1.165, 1.54) is 20.1 Å². The first-order chi connectivity index (χ1) is 13.0. The van der Waals surface area contributed by atoms with Gasteiger partial charge < -0.3 is 24.3 Å². The van der Waals surface area contributed by atoms with Gasteiger partial charge in [0.2, 0.25) is 0 Å². The lowest BCUT2D eigenvalue weighted by molar-refractivity contribution is -0.123. The topological polar surface area (TPSA) is 83.1 Å². The molecule has 0 saturated heterocycles. The number of carbonyl (C=O) groups excluding carboxylic acids is 2. The van der Waals surface area contributed by atoms with Gasteiger partial charge in [-0.25, -0.2) is 4.79 Å². The van der Waals surface area contributed by atoms with Crippen molar-refractivity contribution < 1.29 is 28.5 Å². The van der Waals surface area contributed by atoms with Gasteiger partial charge in [-0.2, -0.15) is 0 Å². The fraction of sp³-hybridized carbons (Fsp3) is 0.263.